The van der Waals surface area contributed by atoms with Gasteiger partial charge in [0.25, 0.3) is 5.91 Å². The monoisotopic (exact) mass is 275 g/mol. The van der Waals surface area contributed by atoms with Crippen LogP contribution < -0.4 is 11.1 Å². The number of nitrogens with one attached hydrogen (secondary N) is 1. The highest BCUT2D eigenvalue weighted by Gasteiger charge is 2.16. The lowest BCUT2D eigenvalue weighted by molar-refractivity contribution is 0.0943. The molecule has 0 bridgehead atoms. The van der Waals surface area contributed by atoms with Gasteiger partial charge in [0.2, 0.25) is 0 Å². The minimum atomic E-state index is -0.125. The normalized spacial score (nSPS) is 12.2. The van der Waals surface area contributed by atoms with E-state index in [2.05, 4.69) is 10.3 Å². The fourth-order valence-electron chi connectivity index (χ4n) is 1.83. The molecule has 0 fully saturated rings. The number of nitrogen functional groups attached to an aromatic ring is 1. The first kappa shape index (κ1) is 13.5. The summed E-state index contributed by atoms with van der Waals surface area (Å²) < 4.78 is 0. The SMILES string of the molecule is Cc1ccc([C@@H](C)NC(=O)c2sc(N)nc2C)cc1. The Labute approximate surface area is 116 Å². The van der Waals surface area contributed by atoms with E-state index >= 15 is 0 Å². The van der Waals surface area contributed by atoms with E-state index in [0.717, 1.165) is 5.56 Å². The lowest BCUT2D eigenvalue weighted by Crippen LogP contribution is -2.26. The molecule has 0 spiro atoms. The third-order valence-corrected chi connectivity index (χ3v) is 3.93. The van der Waals surface area contributed by atoms with Crippen molar-refractivity contribution in [3.63, 3.8) is 0 Å². The van der Waals surface area contributed by atoms with E-state index in [-0.39, 0.29) is 11.9 Å². The molecule has 0 radical (unpaired) electrons. The molecule has 3 N–H and O–H groups in total. The third kappa shape index (κ3) is 3.12. The van der Waals surface area contributed by atoms with Gasteiger partial charge in [-0.05, 0) is 26.3 Å². The highest BCUT2D eigenvalue weighted by Crippen LogP contribution is 2.21. The fourth-order valence-corrected chi connectivity index (χ4v) is 2.57. The van der Waals surface area contributed by atoms with E-state index in [0.29, 0.717) is 15.7 Å². The van der Waals surface area contributed by atoms with Crippen LogP contribution in [0.5, 0.6) is 0 Å². The van der Waals surface area contributed by atoms with Crippen LogP contribution in [0, 0.1) is 13.8 Å². The summed E-state index contributed by atoms with van der Waals surface area (Å²) in [6.45, 7) is 5.79. The fraction of sp³-hybridized carbons (Fsp3) is 0.286. The van der Waals surface area contributed by atoms with Crippen molar-refractivity contribution in [1.82, 2.24) is 10.3 Å². The summed E-state index contributed by atoms with van der Waals surface area (Å²) in [7, 11) is 0. The van der Waals surface area contributed by atoms with Gasteiger partial charge >= 0.3 is 0 Å². The Kier molecular flexibility index (Phi) is 3.85. The van der Waals surface area contributed by atoms with Crippen LogP contribution in [0.4, 0.5) is 5.13 Å². The molecule has 19 heavy (non-hydrogen) atoms. The number of carbonyl (C=O) groups is 1. The molecule has 0 aliphatic heterocycles. The van der Waals surface area contributed by atoms with Gasteiger partial charge in [-0.2, -0.15) is 0 Å². The lowest BCUT2D eigenvalue weighted by atomic mass is 10.1. The number of aryl methyl sites for hydroxylation is 2. The second-order valence-electron chi connectivity index (χ2n) is 4.57. The molecular formula is C14H17N3OS. The second-order valence-corrected chi connectivity index (χ2v) is 5.60. The average Bonchev–Trinajstić information content (AvgIpc) is 2.69. The number of aromatic nitrogens is 1. The van der Waals surface area contributed by atoms with Crippen molar-refractivity contribution in [1.29, 1.82) is 0 Å². The van der Waals surface area contributed by atoms with Crippen LogP contribution in [0.25, 0.3) is 0 Å². The molecule has 5 heteroatoms. The lowest BCUT2D eigenvalue weighted by Gasteiger charge is -2.14. The Balaban J connectivity index is 2.10. The number of thiazole rings is 1. The summed E-state index contributed by atoms with van der Waals surface area (Å²) >= 11 is 1.22. The number of rotatable bonds is 3. The molecule has 0 saturated heterocycles. The first-order valence-corrected chi connectivity index (χ1v) is 6.89. The van der Waals surface area contributed by atoms with E-state index in [4.69, 9.17) is 5.73 Å². The Hall–Kier alpha value is -1.88. The zero-order valence-electron chi connectivity index (χ0n) is 11.2. The van der Waals surface area contributed by atoms with E-state index in [9.17, 15) is 4.79 Å². The number of benzene rings is 1. The van der Waals surface area contributed by atoms with Gasteiger partial charge in [-0.1, -0.05) is 41.2 Å². The van der Waals surface area contributed by atoms with Crippen LogP contribution in [0.2, 0.25) is 0 Å². The van der Waals surface area contributed by atoms with Gasteiger partial charge in [0.1, 0.15) is 4.88 Å². The Morgan fingerprint density at radius 2 is 1.95 bits per heavy atom. The van der Waals surface area contributed by atoms with Crippen LogP contribution in [0.3, 0.4) is 0 Å². The van der Waals surface area contributed by atoms with Gasteiger partial charge in [0, 0.05) is 0 Å². The van der Waals surface area contributed by atoms with Gasteiger partial charge in [-0.3, -0.25) is 4.79 Å². The molecule has 0 aliphatic carbocycles. The van der Waals surface area contributed by atoms with Crippen LogP contribution in [0.15, 0.2) is 24.3 Å². The van der Waals surface area contributed by atoms with Gasteiger partial charge in [0.15, 0.2) is 5.13 Å². The van der Waals surface area contributed by atoms with E-state index in [1.54, 1.807) is 6.92 Å². The first-order valence-electron chi connectivity index (χ1n) is 6.07. The topological polar surface area (TPSA) is 68.0 Å². The van der Waals surface area contributed by atoms with Crippen molar-refractivity contribution in [3.05, 3.63) is 46.0 Å². The minimum Gasteiger partial charge on any atom is -0.375 e. The van der Waals surface area contributed by atoms with Gasteiger partial charge < -0.3 is 11.1 Å². The van der Waals surface area contributed by atoms with Crippen molar-refractivity contribution in [2.75, 3.05) is 5.73 Å². The zero-order chi connectivity index (χ0) is 14.0. The van der Waals surface area contributed by atoms with Crippen molar-refractivity contribution >= 4 is 22.4 Å². The molecule has 1 aromatic carbocycles. The quantitative estimate of drug-likeness (QED) is 0.905. The molecular weight excluding hydrogens is 258 g/mol. The molecule has 1 heterocycles. The number of anilines is 1. The standard InChI is InChI=1S/C14H17N3OS/c1-8-4-6-11(7-5-8)9(2)16-13(18)12-10(3)17-14(15)19-12/h4-7,9H,1-3H3,(H2,15,17)(H,16,18)/t9-/m1/s1. The summed E-state index contributed by atoms with van der Waals surface area (Å²) in [6, 6.07) is 8.07. The van der Waals surface area contributed by atoms with Crippen LogP contribution in [-0.2, 0) is 0 Å². The Morgan fingerprint density at radius 1 is 1.32 bits per heavy atom. The number of amides is 1. The Bertz CT molecular complexity index is 589. The molecule has 0 unspecified atom stereocenters. The number of carbonyl (C=O) groups excluding carboxylic acids is 1. The van der Waals surface area contributed by atoms with E-state index in [1.165, 1.54) is 16.9 Å². The first-order chi connectivity index (χ1) is 8.97. The zero-order valence-corrected chi connectivity index (χ0v) is 12.0. The molecule has 1 aromatic heterocycles. The van der Waals surface area contributed by atoms with Crippen molar-refractivity contribution in [2.24, 2.45) is 0 Å². The molecule has 0 saturated carbocycles. The summed E-state index contributed by atoms with van der Waals surface area (Å²) in [5.41, 5.74) is 8.56. The Morgan fingerprint density at radius 3 is 2.47 bits per heavy atom. The highest BCUT2D eigenvalue weighted by atomic mass is 32.1. The second kappa shape index (κ2) is 5.40. The molecule has 2 rings (SSSR count). The van der Waals surface area contributed by atoms with Crippen LogP contribution >= 0.6 is 11.3 Å². The van der Waals surface area contributed by atoms with E-state index < -0.39 is 0 Å². The van der Waals surface area contributed by atoms with Gasteiger partial charge in [-0.15, -0.1) is 0 Å². The molecule has 1 amide bonds. The number of nitrogens with zero attached hydrogens (tertiary/aromatic N) is 1. The van der Waals surface area contributed by atoms with Crippen LogP contribution in [-0.4, -0.2) is 10.9 Å². The maximum absolute atomic E-state index is 12.1. The number of hydrogen-bond donors (Lipinski definition) is 2. The average molecular weight is 275 g/mol. The predicted octanol–water partition coefficient (Wildman–Crippen LogP) is 2.83. The van der Waals surface area contributed by atoms with Gasteiger partial charge in [-0.25, -0.2) is 4.98 Å². The molecule has 1 atom stereocenters. The van der Waals surface area contributed by atoms with Gasteiger partial charge in [0.05, 0.1) is 11.7 Å². The third-order valence-electron chi connectivity index (χ3n) is 2.94. The van der Waals surface area contributed by atoms with E-state index in [1.807, 2.05) is 38.1 Å². The molecule has 0 aliphatic rings. The molecule has 100 valence electrons. The minimum absolute atomic E-state index is 0.0455. The summed E-state index contributed by atoms with van der Waals surface area (Å²) in [4.78, 5) is 16.8. The van der Waals surface area contributed by atoms with Crippen molar-refractivity contribution < 1.29 is 4.79 Å². The summed E-state index contributed by atoms with van der Waals surface area (Å²) in [5, 5.41) is 3.38. The predicted molar refractivity (Wildman–Crippen MR) is 78.3 cm³/mol. The van der Waals surface area contributed by atoms with Crippen LogP contribution in [0.1, 0.15) is 39.5 Å². The smallest absolute Gasteiger partial charge is 0.263 e. The molecule has 4 nitrogen and oxygen atoms in total. The number of nitrogens with two attached hydrogens (primary N) is 1. The maximum atomic E-state index is 12.1. The summed E-state index contributed by atoms with van der Waals surface area (Å²) in [5.74, 6) is -0.125. The maximum Gasteiger partial charge on any atom is 0.263 e. The highest BCUT2D eigenvalue weighted by molar-refractivity contribution is 7.17. The largest absolute Gasteiger partial charge is 0.375 e. The summed E-state index contributed by atoms with van der Waals surface area (Å²) in [6.07, 6.45) is 0. The van der Waals surface area contributed by atoms with Crippen molar-refractivity contribution in [2.45, 2.75) is 26.8 Å². The van der Waals surface area contributed by atoms with Crippen molar-refractivity contribution in [3.8, 4) is 0 Å². The molecule has 2 aromatic rings. The number of hydrogen-bond acceptors (Lipinski definition) is 4.